The average Bonchev–Trinajstić information content (AvgIpc) is 1.85. The first kappa shape index (κ1) is 6.74. The smallest absolute Gasteiger partial charge is 0.129 e. The molecule has 0 aromatic heterocycles. The van der Waals surface area contributed by atoms with E-state index in [1.54, 1.807) is 0 Å². The lowest BCUT2D eigenvalue weighted by Gasteiger charge is -1.98. The first-order valence-corrected chi connectivity index (χ1v) is 4.57. The topological polar surface area (TPSA) is 12.0 Å². The molecular weight excluding hydrogens is 233 g/mol. The first-order valence-electron chi connectivity index (χ1n) is 2.45. The zero-order chi connectivity index (χ0) is 6.15. The number of rotatable bonds is 0. The quantitative estimate of drug-likeness (QED) is 0.396. The van der Waals surface area contributed by atoms with E-state index in [4.69, 9.17) is 0 Å². The first-order chi connectivity index (χ1) is 3.70. The highest BCUT2D eigenvalue weighted by Crippen LogP contribution is 2.32. The van der Waals surface area contributed by atoms with E-state index in [2.05, 4.69) is 41.8 Å². The third kappa shape index (κ3) is 1.31. The summed E-state index contributed by atoms with van der Waals surface area (Å²) in [5.74, 6) is 0. The van der Waals surface area contributed by atoms with Crippen LogP contribution in [0.15, 0.2) is 10.6 Å². The highest BCUT2D eigenvalue weighted by Gasteiger charge is 2.13. The van der Waals surface area contributed by atoms with Crippen LogP contribution in [-0.4, -0.2) is 3.38 Å². The number of halogens is 1. The lowest BCUT2D eigenvalue weighted by molar-refractivity contribution is 0.955. The van der Waals surface area contributed by atoms with Crippen molar-refractivity contribution >= 4 is 34.4 Å². The molecule has 1 heterocycles. The second-order valence-electron chi connectivity index (χ2n) is 1.76. The molecule has 8 heavy (non-hydrogen) atoms. The molecule has 0 spiro atoms. The van der Waals surface area contributed by atoms with Crippen LogP contribution in [0.1, 0.15) is 13.8 Å². The van der Waals surface area contributed by atoms with Crippen LogP contribution in [0.3, 0.4) is 0 Å². The Morgan fingerprint density at radius 1 is 1.62 bits per heavy atom. The standard InChI is InChI=1S/C5H8INS/c1-3-4(2)8-5(6)7-3/h5,7H,1-2H3. The van der Waals surface area contributed by atoms with Crippen molar-refractivity contribution in [3.63, 3.8) is 0 Å². The van der Waals surface area contributed by atoms with Crippen LogP contribution >= 0.6 is 34.4 Å². The summed E-state index contributed by atoms with van der Waals surface area (Å²) in [6.07, 6.45) is 0. The third-order valence-electron chi connectivity index (χ3n) is 1.14. The van der Waals surface area contributed by atoms with Crippen molar-refractivity contribution in [3.8, 4) is 0 Å². The number of nitrogens with one attached hydrogen (secondary N) is 1. The van der Waals surface area contributed by atoms with Gasteiger partial charge in [-0.15, -0.1) is 0 Å². The summed E-state index contributed by atoms with van der Waals surface area (Å²) in [5, 5.41) is 3.30. The molecule has 3 heteroatoms. The summed E-state index contributed by atoms with van der Waals surface area (Å²) < 4.78 is 0.563. The molecule has 1 aliphatic rings. The molecule has 0 fully saturated rings. The molecule has 0 aromatic rings. The Labute approximate surface area is 67.4 Å². The van der Waals surface area contributed by atoms with Crippen LogP contribution in [0.4, 0.5) is 0 Å². The van der Waals surface area contributed by atoms with Crippen LogP contribution < -0.4 is 5.32 Å². The summed E-state index contributed by atoms with van der Waals surface area (Å²) >= 11 is 4.26. The molecule has 1 rings (SSSR count). The van der Waals surface area contributed by atoms with Crippen LogP contribution in [0, 0.1) is 0 Å². The molecule has 1 atom stereocenters. The molecule has 0 aliphatic carbocycles. The van der Waals surface area contributed by atoms with E-state index in [1.165, 1.54) is 10.6 Å². The van der Waals surface area contributed by atoms with Gasteiger partial charge < -0.3 is 5.32 Å². The predicted molar refractivity (Wildman–Crippen MR) is 46.9 cm³/mol. The fraction of sp³-hybridized carbons (Fsp3) is 0.600. The normalized spacial score (nSPS) is 28.6. The molecule has 0 aromatic carbocycles. The molecule has 0 saturated heterocycles. The van der Waals surface area contributed by atoms with Crippen LogP contribution in [-0.2, 0) is 0 Å². The minimum atomic E-state index is 0.563. The van der Waals surface area contributed by atoms with Crippen LogP contribution in [0.25, 0.3) is 0 Å². The Morgan fingerprint density at radius 3 is 2.38 bits per heavy atom. The van der Waals surface area contributed by atoms with Gasteiger partial charge in [0.25, 0.3) is 0 Å². The van der Waals surface area contributed by atoms with Gasteiger partial charge in [0.1, 0.15) is 3.38 Å². The summed E-state index contributed by atoms with van der Waals surface area (Å²) in [5.41, 5.74) is 1.33. The van der Waals surface area contributed by atoms with Crippen molar-refractivity contribution in [2.24, 2.45) is 0 Å². The molecule has 1 N–H and O–H groups in total. The Balaban J connectivity index is 2.60. The van der Waals surface area contributed by atoms with E-state index in [0.29, 0.717) is 3.38 Å². The van der Waals surface area contributed by atoms with Crippen molar-refractivity contribution in [2.45, 2.75) is 17.2 Å². The van der Waals surface area contributed by atoms with Crippen molar-refractivity contribution in [1.29, 1.82) is 0 Å². The molecule has 0 bridgehead atoms. The molecule has 1 nitrogen and oxygen atoms in total. The molecule has 1 aliphatic heterocycles. The van der Waals surface area contributed by atoms with Gasteiger partial charge in [-0.3, -0.25) is 0 Å². The average molecular weight is 241 g/mol. The van der Waals surface area contributed by atoms with Gasteiger partial charge in [-0.2, -0.15) is 0 Å². The van der Waals surface area contributed by atoms with Crippen molar-refractivity contribution in [1.82, 2.24) is 5.32 Å². The minimum Gasteiger partial charge on any atom is -0.368 e. The molecule has 0 radical (unpaired) electrons. The second-order valence-corrected chi connectivity index (χ2v) is 5.17. The fourth-order valence-corrected chi connectivity index (χ4v) is 2.94. The number of thioether (sulfide) groups is 1. The zero-order valence-corrected chi connectivity index (χ0v) is 7.84. The maximum absolute atomic E-state index is 3.30. The molecule has 1 unspecified atom stereocenters. The Kier molecular flexibility index (Phi) is 2.08. The van der Waals surface area contributed by atoms with Gasteiger partial charge in [0.05, 0.1) is 0 Å². The minimum absolute atomic E-state index is 0.563. The summed E-state index contributed by atoms with van der Waals surface area (Å²) in [4.78, 5) is 1.42. The maximum Gasteiger partial charge on any atom is 0.129 e. The number of allylic oxidation sites excluding steroid dienone is 2. The van der Waals surface area contributed by atoms with Crippen LogP contribution in [0.2, 0.25) is 0 Å². The van der Waals surface area contributed by atoms with Gasteiger partial charge in [0, 0.05) is 10.6 Å². The van der Waals surface area contributed by atoms with Gasteiger partial charge in [-0.1, -0.05) is 11.8 Å². The second kappa shape index (κ2) is 2.47. The van der Waals surface area contributed by atoms with Crippen molar-refractivity contribution in [2.75, 3.05) is 0 Å². The van der Waals surface area contributed by atoms with E-state index >= 15 is 0 Å². The van der Waals surface area contributed by atoms with Crippen molar-refractivity contribution < 1.29 is 0 Å². The van der Waals surface area contributed by atoms with Gasteiger partial charge >= 0.3 is 0 Å². The zero-order valence-electron chi connectivity index (χ0n) is 4.86. The van der Waals surface area contributed by atoms with Gasteiger partial charge in [0.2, 0.25) is 0 Å². The number of alkyl halides is 1. The highest BCUT2D eigenvalue weighted by atomic mass is 127. The molecule has 0 amide bonds. The lowest BCUT2D eigenvalue weighted by Crippen LogP contribution is -2.10. The van der Waals surface area contributed by atoms with Gasteiger partial charge in [0.15, 0.2) is 0 Å². The molecular formula is C5H8INS. The maximum atomic E-state index is 3.30. The Bertz CT molecular complexity index is 118. The summed E-state index contributed by atoms with van der Waals surface area (Å²) in [6, 6.07) is 0. The lowest BCUT2D eigenvalue weighted by atomic mass is 10.5. The van der Waals surface area contributed by atoms with E-state index in [-0.39, 0.29) is 0 Å². The van der Waals surface area contributed by atoms with Gasteiger partial charge in [-0.05, 0) is 36.4 Å². The summed E-state index contributed by atoms with van der Waals surface area (Å²) in [6.45, 7) is 4.26. The molecule has 0 saturated carbocycles. The van der Waals surface area contributed by atoms with Crippen LogP contribution in [0.5, 0.6) is 0 Å². The SMILES string of the molecule is CC1=C(C)SC(I)N1. The Hall–Kier alpha value is 0.620. The predicted octanol–water partition coefficient (Wildman–Crippen LogP) is 2.29. The van der Waals surface area contributed by atoms with E-state index in [0.717, 1.165) is 0 Å². The monoisotopic (exact) mass is 241 g/mol. The van der Waals surface area contributed by atoms with Gasteiger partial charge in [-0.25, -0.2) is 0 Å². The number of hydrogen-bond donors (Lipinski definition) is 1. The van der Waals surface area contributed by atoms with E-state index < -0.39 is 0 Å². The highest BCUT2D eigenvalue weighted by molar-refractivity contribution is 14.1. The third-order valence-corrected chi connectivity index (χ3v) is 3.20. The van der Waals surface area contributed by atoms with Crippen molar-refractivity contribution in [3.05, 3.63) is 10.6 Å². The largest absolute Gasteiger partial charge is 0.368 e. The van der Waals surface area contributed by atoms with E-state index in [9.17, 15) is 0 Å². The number of hydrogen-bond acceptors (Lipinski definition) is 2. The van der Waals surface area contributed by atoms with E-state index in [1.807, 2.05) is 11.8 Å². The summed E-state index contributed by atoms with van der Waals surface area (Å²) in [7, 11) is 0. The molecule has 46 valence electrons. The fourth-order valence-electron chi connectivity index (χ4n) is 0.545. The Morgan fingerprint density at radius 2 is 2.25 bits per heavy atom.